The number of likely N-dealkylation sites (tertiary alicyclic amines) is 1. The highest BCUT2D eigenvalue weighted by Crippen LogP contribution is 2.30. The SMILES string of the molecule is COc1ccc(-c2ccccc2NC(=O)[C@@H]2CCCN(C(C)C)C2)cc1. The lowest BCUT2D eigenvalue weighted by molar-refractivity contribution is -0.121. The highest BCUT2D eigenvalue weighted by molar-refractivity contribution is 5.97. The number of piperidine rings is 1. The number of nitrogens with one attached hydrogen (secondary N) is 1. The van der Waals surface area contributed by atoms with Crippen LogP contribution in [0, 0.1) is 5.92 Å². The van der Waals surface area contributed by atoms with E-state index in [1.165, 1.54) is 0 Å². The first kappa shape index (κ1) is 18.5. The van der Waals surface area contributed by atoms with Gasteiger partial charge in [0.1, 0.15) is 5.75 Å². The minimum Gasteiger partial charge on any atom is -0.497 e. The summed E-state index contributed by atoms with van der Waals surface area (Å²) < 4.78 is 5.23. The van der Waals surface area contributed by atoms with Crippen molar-refractivity contribution in [1.29, 1.82) is 0 Å². The van der Waals surface area contributed by atoms with E-state index in [9.17, 15) is 4.79 Å². The van der Waals surface area contributed by atoms with Crippen molar-refractivity contribution in [3.05, 3.63) is 48.5 Å². The molecule has 0 bridgehead atoms. The molecule has 4 nitrogen and oxygen atoms in total. The number of para-hydroxylation sites is 1. The third kappa shape index (κ3) is 4.25. The summed E-state index contributed by atoms with van der Waals surface area (Å²) in [7, 11) is 1.66. The summed E-state index contributed by atoms with van der Waals surface area (Å²) in [6.07, 6.45) is 2.04. The Bertz CT molecular complexity index is 740. The van der Waals surface area contributed by atoms with Gasteiger partial charge in [-0.05, 0) is 57.0 Å². The van der Waals surface area contributed by atoms with E-state index in [1.54, 1.807) is 7.11 Å². The third-order valence-corrected chi connectivity index (χ3v) is 5.14. The molecule has 0 aliphatic carbocycles. The molecule has 0 aromatic heterocycles. The Kier molecular flexibility index (Phi) is 5.94. The maximum atomic E-state index is 12.9. The summed E-state index contributed by atoms with van der Waals surface area (Å²) in [6.45, 7) is 6.32. The Hall–Kier alpha value is -2.33. The van der Waals surface area contributed by atoms with Crippen LogP contribution in [-0.2, 0) is 4.79 Å². The van der Waals surface area contributed by atoms with Crippen LogP contribution in [-0.4, -0.2) is 37.0 Å². The number of benzene rings is 2. The highest BCUT2D eigenvalue weighted by Gasteiger charge is 2.27. The van der Waals surface area contributed by atoms with Gasteiger partial charge in [0.2, 0.25) is 5.91 Å². The summed E-state index contributed by atoms with van der Waals surface area (Å²) in [5.74, 6) is 0.998. The number of rotatable bonds is 5. The van der Waals surface area contributed by atoms with Crippen LogP contribution in [0.3, 0.4) is 0 Å². The molecule has 0 unspecified atom stereocenters. The van der Waals surface area contributed by atoms with Gasteiger partial charge in [0.05, 0.1) is 13.0 Å². The number of methoxy groups -OCH3 is 1. The predicted octanol–water partition coefficient (Wildman–Crippen LogP) is 4.42. The summed E-state index contributed by atoms with van der Waals surface area (Å²) in [5.41, 5.74) is 2.96. The van der Waals surface area contributed by atoms with Crippen molar-refractivity contribution in [2.75, 3.05) is 25.5 Å². The van der Waals surface area contributed by atoms with Crippen molar-refractivity contribution in [3.8, 4) is 16.9 Å². The zero-order valence-electron chi connectivity index (χ0n) is 15.9. The summed E-state index contributed by atoms with van der Waals surface area (Å²) in [5, 5.41) is 3.17. The van der Waals surface area contributed by atoms with Crippen LogP contribution in [0.15, 0.2) is 48.5 Å². The van der Waals surface area contributed by atoms with Gasteiger partial charge in [-0.15, -0.1) is 0 Å². The zero-order valence-corrected chi connectivity index (χ0v) is 15.9. The topological polar surface area (TPSA) is 41.6 Å². The van der Waals surface area contributed by atoms with Crippen LogP contribution in [0.2, 0.25) is 0 Å². The normalized spacial score (nSPS) is 17.9. The monoisotopic (exact) mass is 352 g/mol. The molecule has 1 aliphatic heterocycles. The predicted molar refractivity (Wildman–Crippen MR) is 106 cm³/mol. The second-order valence-electron chi connectivity index (χ2n) is 7.19. The molecule has 2 aromatic rings. The van der Waals surface area contributed by atoms with Crippen LogP contribution in [0.1, 0.15) is 26.7 Å². The van der Waals surface area contributed by atoms with Gasteiger partial charge in [0.15, 0.2) is 0 Å². The summed E-state index contributed by atoms with van der Waals surface area (Å²) in [6, 6.07) is 16.4. The molecule has 3 rings (SSSR count). The molecular weight excluding hydrogens is 324 g/mol. The lowest BCUT2D eigenvalue weighted by atomic mass is 9.95. The van der Waals surface area contributed by atoms with Gasteiger partial charge in [-0.2, -0.15) is 0 Å². The van der Waals surface area contributed by atoms with E-state index in [0.29, 0.717) is 6.04 Å². The number of hydrogen-bond donors (Lipinski definition) is 1. The molecule has 1 fully saturated rings. The van der Waals surface area contributed by atoms with Gasteiger partial charge in [0.25, 0.3) is 0 Å². The van der Waals surface area contributed by atoms with Gasteiger partial charge < -0.3 is 15.0 Å². The molecule has 1 amide bonds. The Morgan fingerprint density at radius 3 is 2.58 bits per heavy atom. The molecule has 1 atom stereocenters. The summed E-state index contributed by atoms with van der Waals surface area (Å²) >= 11 is 0. The molecule has 138 valence electrons. The van der Waals surface area contributed by atoms with Gasteiger partial charge in [-0.3, -0.25) is 4.79 Å². The van der Waals surface area contributed by atoms with E-state index in [0.717, 1.165) is 48.5 Å². The fraction of sp³-hybridized carbons (Fsp3) is 0.409. The van der Waals surface area contributed by atoms with E-state index in [-0.39, 0.29) is 11.8 Å². The van der Waals surface area contributed by atoms with Crippen LogP contribution in [0.25, 0.3) is 11.1 Å². The molecule has 2 aromatic carbocycles. The standard InChI is InChI=1S/C22H28N2O2/c1-16(2)24-14-6-7-18(15-24)22(25)23-21-9-5-4-8-20(21)17-10-12-19(26-3)13-11-17/h4-5,8-13,16,18H,6-7,14-15H2,1-3H3,(H,23,25)/t18-/m1/s1. The van der Waals surface area contributed by atoms with Crippen LogP contribution >= 0.6 is 0 Å². The second-order valence-corrected chi connectivity index (χ2v) is 7.19. The maximum absolute atomic E-state index is 12.9. The number of nitrogens with zero attached hydrogens (tertiary/aromatic N) is 1. The average Bonchev–Trinajstić information content (AvgIpc) is 2.68. The van der Waals surface area contributed by atoms with Crippen molar-refractivity contribution in [2.24, 2.45) is 5.92 Å². The minimum absolute atomic E-state index is 0.0510. The molecular formula is C22H28N2O2. The fourth-order valence-corrected chi connectivity index (χ4v) is 3.54. The average molecular weight is 352 g/mol. The molecule has 1 saturated heterocycles. The fourth-order valence-electron chi connectivity index (χ4n) is 3.54. The van der Waals surface area contributed by atoms with E-state index in [4.69, 9.17) is 4.74 Å². The lowest BCUT2D eigenvalue weighted by Gasteiger charge is -2.34. The number of anilines is 1. The van der Waals surface area contributed by atoms with Gasteiger partial charge >= 0.3 is 0 Å². The van der Waals surface area contributed by atoms with Crippen LogP contribution in [0.5, 0.6) is 5.75 Å². The van der Waals surface area contributed by atoms with Crippen LogP contribution < -0.4 is 10.1 Å². The molecule has 26 heavy (non-hydrogen) atoms. The smallest absolute Gasteiger partial charge is 0.228 e. The van der Waals surface area contributed by atoms with E-state index < -0.39 is 0 Å². The van der Waals surface area contributed by atoms with Gasteiger partial charge in [-0.1, -0.05) is 30.3 Å². The van der Waals surface area contributed by atoms with Gasteiger partial charge in [-0.25, -0.2) is 0 Å². The molecule has 4 heteroatoms. The van der Waals surface area contributed by atoms with Crippen LogP contribution in [0.4, 0.5) is 5.69 Å². The first-order valence-corrected chi connectivity index (χ1v) is 9.37. The Morgan fingerprint density at radius 2 is 1.88 bits per heavy atom. The molecule has 0 saturated carbocycles. The Balaban J connectivity index is 1.76. The first-order chi connectivity index (χ1) is 12.6. The molecule has 0 radical (unpaired) electrons. The summed E-state index contributed by atoms with van der Waals surface area (Å²) in [4.78, 5) is 15.3. The molecule has 1 heterocycles. The first-order valence-electron chi connectivity index (χ1n) is 9.37. The van der Waals surface area contributed by atoms with E-state index >= 15 is 0 Å². The Morgan fingerprint density at radius 1 is 1.15 bits per heavy atom. The molecule has 1 N–H and O–H groups in total. The molecule has 1 aliphatic rings. The van der Waals surface area contributed by atoms with E-state index in [2.05, 4.69) is 24.1 Å². The highest BCUT2D eigenvalue weighted by atomic mass is 16.5. The number of carbonyl (C=O) groups is 1. The number of carbonyl (C=O) groups excluding carboxylic acids is 1. The lowest BCUT2D eigenvalue weighted by Crippen LogP contribution is -2.43. The largest absolute Gasteiger partial charge is 0.497 e. The van der Waals surface area contributed by atoms with Crippen molar-refractivity contribution < 1.29 is 9.53 Å². The maximum Gasteiger partial charge on any atom is 0.228 e. The second kappa shape index (κ2) is 8.37. The van der Waals surface area contributed by atoms with E-state index in [1.807, 2.05) is 48.5 Å². The van der Waals surface area contributed by atoms with Gasteiger partial charge in [0, 0.05) is 23.8 Å². The van der Waals surface area contributed by atoms with Crippen molar-refractivity contribution in [1.82, 2.24) is 4.90 Å². The van der Waals surface area contributed by atoms with Crippen molar-refractivity contribution in [3.63, 3.8) is 0 Å². The zero-order chi connectivity index (χ0) is 18.5. The third-order valence-electron chi connectivity index (χ3n) is 5.14. The van der Waals surface area contributed by atoms with Crippen molar-refractivity contribution in [2.45, 2.75) is 32.7 Å². The minimum atomic E-state index is 0.0510. The quantitative estimate of drug-likeness (QED) is 0.866. The molecule has 0 spiro atoms. The Labute approximate surface area is 156 Å². The number of ether oxygens (including phenoxy) is 1. The number of amides is 1. The number of hydrogen-bond acceptors (Lipinski definition) is 3. The van der Waals surface area contributed by atoms with Crippen molar-refractivity contribution >= 4 is 11.6 Å².